The zero-order valence-electron chi connectivity index (χ0n) is 20.3. The van der Waals surface area contributed by atoms with E-state index in [0.717, 1.165) is 43.6 Å². The molecule has 2 aromatic carbocycles. The zero-order valence-corrected chi connectivity index (χ0v) is 20.3. The molecule has 0 aliphatic heterocycles. The van der Waals surface area contributed by atoms with Crippen LogP contribution in [0.5, 0.6) is 5.75 Å². The molecule has 35 heavy (non-hydrogen) atoms. The Kier molecular flexibility index (Phi) is 9.96. The van der Waals surface area contributed by atoms with Crippen LogP contribution in [0.1, 0.15) is 62.5 Å². The summed E-state index contributed by atoms with van der Waals surface area (Å²) >= 11 is 0. The molecule has 0 aromatic heterocycles. The smallest absolute Gasteiger partial charge is 0.331 e. The molecule has 0 unspecified atom stereocenters. The summed E-state index contributed by atoms with van der Waals surface area (Å²) in [5, 5.41) is 0. The van der Waals surface area contributed by atoms with Gasteiger partial charge in [0.05, 0.1) is 5.92 Å². The number of hydrogen-bond donors (Lipinski definition) is 2. The van der Waals surface area contributed by atoms with Gasteiger partial charge in [-0.05, 0) is 86.4 Å². The van der Waals surface area contributed by atoms with Crippen molar-refractivity contribution in [3.05, 3.63) is 72.3 Å². The molecular formula is C29H36N2O4. The Labute approximate surface area is 208 Å². The predicted octanol–water partition coefficient (Wildman–Crippen LogP) is 6.07. The summed E-state index contributed by atoms with van der Waals surface area (Å²) in [6, 6.07) is 12.1. The van der Waals surface area contributed by atoms with E-state index in [4.69, 9.17) is 20.9 Å². The topological polar surface area (TPSA) is 105 Å². The molecule has 0 atom stereocenters. The number of esters is 2. The van der Waals surface area contributed by atoms with Crippen molar-refractivity contribution in [1.82, 2.24) is 0 Å². The summed E-state index contributed by atoms with van der Waals surface area (Å²) in [6.45, 7) is 3.82. The summed E-state index contributed by atoms with van der Waals surface area (Å²) in [7, 11) is 0. The molecular weight excluding hydrogens is 440 g/mol. The number of anilines is 2. The van der Waals surface area contributed by atoms with Gasteiger partial charge in [-0.2, -0.15) is 0 Å². The molecule has 1 aliphatic rings. The third-order valence-corrected chi connectivity index (χ3v) is 6.50. The summed E-state index contributed by atoms with van der Waals surface area (Å²) in [5.41, 5.74) is 14.1. The number of nitrogens with two attached hydrogens (primary N) is 2. The fourth-order valence-corrected chi connectivity index (χ4v) is 4.37. The van der Waals surface area contributed by atoms with Crippen LogP contribution < -0.4 is 16.2 Å². The van der Waals surface area contributed by atoms with Gasteiger partial charge in [-0.3, -0.25) is 4.79 Å². The van der Waals surface area contributed by atoms with E-state index < -0.39 is 5.97 Å². The Morgan fingerprint density at radius 2 is 1.74 bits per heavy atom. The molecule has 0 spiro atoms. The average Bonchev–Trinajstić information content (AvgIpc) is 2.87. The molecule has 6 heteroatoms. The first-order valence-electron chi connectivity index (χ1n) is 12.4. The Bertz CT molecular complexity index is 1020. The van der Waals surface area contributed by atoms with Gasteiger partial charge in [0, 0.05) is 23.0 Å². The highest BCUT2D eigenvalue weighted by Crippen LogP contribution is 2.33. The van der Waals surface area contributed by atoms with Gasteiger partial charge >= 0.3 is 11.9 Å². The van der Waals surface area contributed by atoms with E-state index in [2.05, 4.69) is 6.58 Å². The highest BCUT2D eigenvalue weighted by molar-refractivity contribution is 5.87. The molecule has 6 nitrogen and oxygen atoms in total. The van der Waals surface area contributed by atoms with Gasteiger partial charge in [0.2, 0.25) is 0 Å². The summed E-state index contributed by atoms with van der Waals surface area (Å²) in [6.07, 6.45) is 13.7. The van der Waals surface area contributed by atoms with Crippen LogP contribution in [-0.2, 0) is 20.9 Å². The number of allylic oxidation sites excluding steroid dienone is 1. The predicted molar refractivity (Wildman–Crippen MR) is 140 cm³/mol. The number of ether oxygens (including phenoxy) is 2. The lowest BCUT2D eigenvalue weighted by Gasteiger charge is -2.27. The van der Waals surface area contributed by atoms with Gasteiger partial charge in [0.15, 0.2) is 0 Å². The first-order valence-corrected chi connectivity index (χ1v) is 12.4. The van der Waals surface area contributed by atoms with Crippen LogP contribution in [0.2, 0.25) is 0 Å². The highest BCUT2D eigenvalue weighted by atomic mass is 16.5. The number of nitrogen functional groups attached to an aromatic ring is 2. The van der Waals surface area contributed by atoms with E-state index in [1.807, 2.05) is 6.08 Å². The van der Waals surface area contributed by atoms with Gasteiger partial charge < -0.3 is 20.9 Å². The second-order valence-corrected chi connectivity index (χ2v) is 9.18. The van der Waals surface area contributed by atoms with Crippen molar-refractivity contribution in [2.24, 2.45) is 11.8 Å². The lowest BCUT2D eigenvalue weighted by molar-refractivity contribution is -0.140. The van der Waals surface area contributed by atoms with Gasteiger partial charge in [0.1, 0.15) is 12.4 Å². The molecule has 1 fully saturated rings. The quantitative estimate of drug-likeness (QED) is 0.102. The number of hydrogen-bond acceptors (Lipinski definition) is 6. The van der Waals surface area contributed by atoms with Crippen LogP contribution in [0.4, 0.5) is 11.4 Å². The minimum Gasteiger partial charge on any atom is -0.458 e. The summed E-state index contributed by atoms with van der Waals surface area (Å²) in [5.74, 6) is 0.576. The molecule has 0 radical (unpaired) electrons. The maximum absolute atomic E-state index is 12.6. The standard InChI is InChI=1S/C29H36N2O4/c1-2-3-4-5-6-21-7-12-23(13-8-21)29(33)35-26-15-9-22(10-16-26)11-18-28(32)34-20-24-19-25(30)14-17-27(24)31/h2,9-11,14-19,21,23H,1,3-8,12-13,20,30-31H2. The second-order valence-electron chi connectivity index (χ2n) is 9.18. The van der Waals surface area contributed by atoms with E-state index in [1.165, 1.54) is 25.3 Å². The molecule has 0 bridgehead atoms. The molecule has 0 amide bonds. The van der Waals surface area contributed by atoms with Crippen LogP contribution in [0, 0.1) is 11.8 Å². The minimum absolute atomic E-state index is 0.0252. The van der Waals surface area contributed by atoms with Gasteiger partial charge in [0.25, 0.3) is 0 Å². The number of carbonyl (C=O) groups is 2. The fourth-order valence-electron chi connectivity index (χ4n) is 4.37. The molecule has 186 valence electrons. The molecule has 4 N–H and O–H groups in total. The molecule has 3 rings (SSSR count). The van der Waals surface area contributed by atoms with Crippen LogP contribution >= 0.6 is 0 Å². The Morgan fingerprint density at radius 1 is 1.00 bits per heavy atom. The van der Waals surface area contributed by atoms with Crippen LogP contribution in [-0.4, -0.2) is 11.9 Å². The lowest BCUT2D eigenvalue weighted by atomic mass is 9.80. The Hall–Kier alpha value is -3.54. The molecule has 0 heterocycles. The summed E-state index contributed by atoms with van der Waals surface area (Å²) < 4.78 is 10.8. The van der Waals surface area contributed by atoms with E-state index in [1.54, 1.807) is 48.5 Å². The summed E-state index contributed by atoms with van der Waals surface area (Å²) in [4.78, 5) is 24.6. The lowest BCUT2D eigenvalue weighted by Crippen LogP contribution is -2.25. The van der Waals surface area contributed by atoms with Gasteiger partial charge in [-0.25, -0.2) is 4.79 Å². The first kappa shape index (κ1) is 26.1. The van der Waals surface area contributed by atoms with Gasteiger partial charge in [-0.1, -0.05) is 31.1 Å². The van der Waals surface area contributed by atoms with Crippen molar-refractivity contribution < 1.29 is 19.1 Å². The van der Waals surface area contributed by atoms with Crippen molar-refractivity contribution in [3.63, 3.8) is 0 Å². The molecule has 1 saturated carbocycles. The third kappa shape index (κ3) is 8.63. The number of carbonyl (C=O) groups excluding carboxylic acids is 2. The van der Waals surface area contributed by atoms with Crippen molar-refractivity contribution in [3.8, 4) is 5.75 Å². The fraction of sp³-hybridized carbons (Fsp3) is 0.379. The van der Waals surface area contributed by atoms with Crippen molar-refractivity contribution in [2.45, 2.75) is 58.0 Å². The normalized spacial score (nSPS) is 17.7. The molecule has 0 saturated heterocycles. The van der Waals surface area contributed by atoms with E-state index in [0.29, 0.717) is 22.7 Å². The third-order valence-electron chi connectivity index (χ3n) is 6.50. The second kappa shape index (κ2) is 13.4. The van der Waals surface area contributed by atoms with Gasteiger partial charge in [-0.15, -0.1) is 6.58 Å². The monoisotopic (exact) mass is 476 g/mol. The number of benzene rings is 2. The molecule has 1 aliphatic carbocycles. The Balaban J connectivity index is 1.40. The average molecular weight is 477 g/mol. The van der Waals surface area contributed by atoms with Crippen molar-refractivity contribution in [2.75, 3.05) is 11.5 Å². The maximum Gasteiger partial charge on any atom is 0.331 e. The Morgan fingerprint density at radius 3 is 2.46 bits per heavy atom. The van der Waals surface area contributed by atoms with E-state index in [-0.39, 0.29) is 18.5 Å². The zero-order chi connectivity index (χ0) is 25.0. The van der Waals surface area contributed by atoms with Crippen molar-refractivity contribution >= 4 is 29.4 Å². The SMILES string of the molecule is C=CCCCCC1CCC(C(=O)Oc2ccc(C=CC(=O)OCc3cc(N)ccc3N)cc2)CC1. The van der Waals surface area contributed by atoms with Crippen LogP contribution in [0.25, 0.3) is 6.08 Å². The van der Waals surface area contributed by atoms with Crippen LogP contribution in [0.3, 0.4) is 0 Å². The molecule has 2 aromatic rings. The van der Waals surface area contributed by atoms with E-state index >= 15 is 0 Å². The number of unbranched alkanes of at least 4 members (excludes halogenated alkanes) is 2. The highest BCUT2D eigenvalue weighted by Gasteiger charge is 2.27. The first-order chi connectivity index (χ1) is 16.9. The minimum atomic E-state index is -0.487. The maximum atomic E-state index is 12.6. The van der Waals surface area contributed by atoms with Crippen LogP contribution in [0.15, 0.2) is 61.2 Å². The van der Waals surface area contributed by atoms with Crippen molar-refractivity contribution in [1.29, 1.82) is 0 Å². The van der Waals surface area contributed by atoms with E-state index in [9.17, 15) is 9.59 Å². The largest absolute Gasteiger partial charge is 0.458 e. The number of rotatable bonds is 11.